The van der Waals surface area contributed by atoms with Gasteiger partial charge in [-0.05, 0) is 31.1 Å². The van der Waals surface area contributed by atoms with Crippen molar-refractivity contribution in [2.75, 3.05) is 13.2 Å². The fourth-order valence-electron chi connectivity index (χ4n) is 8.49. The summed E-state index contributed by atoms with van der Waals surface area (Å²) in [5.41, 5.74) is 0. The number of esters is 3. The quantitative estimate of drug-likeness (QED) is 0.0344. The number of unbranched alkanes of at least 4 members (excludes halogenated alkanes) is 34. The minimum Gasteiger partial charge on any atom is -0.462 e. The molecule has 0 fully saturated rings. The Kier molecular flexibility index (Phi) is 47.6. The van der Waals surface area contributed by atoms with Gasteiger partial charge in [0, 0.05) is 19.3 Å². The molecule has 6 heteroatoms. The Morgan fingerprint density at radius 3 is 0.919 bits per heavy atom. The summed E-state index contributed by atoms with van der Waals surface area (Å²) in [5.74, 6) is 0.881. The van der Waals surface area contributed by atoms with Crippen molar-refractivity contribution in [3.63, 3.8) is 0 Å². The Morgan fingerprint density at radius 2 is 0.613 bits per heavy atom. The van der Waals surface area contributed by atoms with Crippen LogP contribution in [-0.4, -0.2) is 37.2 Å². The predicted molar refractivity (Wildman–Crippen MR) is 266 cm³/mol. The van der Waals surface area contributed by atoms with E-state index < -0.39 is 6.10 Å². The van der Waals surface area contributed by atoms with E-state index >= 15 is 0 Å². The van der Waals surface area contributed by atoms with Gasteiger partial charge < -0.3 is 14.2 Å². The molecule has 0 aromatic carbocycles. The number of carbonyl (C=O) groups excluding carboxylic acids is 3. The molecule has 0 saturated heterocycles. The molecule has 0 aromatic heterocycles. The Bertz CT molecular complexity index is 949. The highest BCUT2D eigenvalue weighted by Gasteiger charge is 2.19. The van der Waals surface area contributed by atoms with Crippen LogP contribution in [-0.2, 0) is 28.6 Å². The van der Waals surface area contributed by atoms with Gasteiger partial charge in [0.25, 0.3) is 0 Å². The molecule has 0 rings (SSSR count). The zero-order valence-corrected chi connectivity index (χ0v) is 42.5. The zero-order valence-electron chi connectivity index (χ0n) is 42.5. The summed E-state index contributed by atoms with van der Waals surface area (Å²) in [5, 5.41) is 0. The van der Waals surface area contributed by atoms with Gasteiger partial charge in [0.15, 0.2) is 6.10 Å². The van der Waals surface area contributed by atoms with Crippen molar-refractivity contribution in [1.82, 2.24) is 0 Å². The van der Waals surface area contributed by atoms with Gasteiger partial charge in [0.2, 0.25) is 0 Å². The van der Waals surface area contributed by atoms with Gasteiger partial charge in [0.1, 0.15) is 13.2 Å². The molecule has 0 bridgehead atoms. The van der Waals surface area contributed by atoms with E-state index in [0.717, 1.165) is 69.6 Å². The first-order chi connectivity index (χ1) is 30.3. The highest BCUT2D eigenvalue weighted by Crippen LogP contribution is 2.18. The molecule has 0 amide bonds. The molecule has 0 aromatic rings. The van der Waals surface area contributed by atoms with E-state index in [0.29, 0.717) is 19.3 Å². The lowest BCUT2D eigenvalue weighted by atomic mass is 9.99. The number of ether oxygens (including phenoxy) is 3. The molecule has 0 radical (unpaired) electrons. The van der Waals surface area contributed by atoms with Crippen molar-refractivity contribution in [3.8, 4) is 0 Å². The van der Waals surface area contributed by atoms with Crippen LogP contribution in [0.1, 0.15) is 311 Å². The van der Waals surface area contributed by atoms with Gasteiger partial charge >= 0.3 is 17.9 Å². The van der Waals surface area contributed by atoms with Crippen LogP contribution in [0.4, 0.5) is 0 Å². The van der Waals surface area contributed by atoms with Crippen LogP contribution in [0.2, 0.25) is 0 Å². The molecule has 0 aliphatic heterocycles. The van der Waals surface area contributed by atoms with Crippen LogP contribution in [0.5, 0.6) is 0 Å². The van der Waals surface area contributed by atoms with Crippen LogP contribution in [0.3, 0.4) is 0 Å². The average Bonchev–Trinajstić information content (AvgIpc) is 3.26. The van der Waals surface area contributed by atoms with Gasteiger partial charge in [-0.2, -0.15) is 0 Å². The number of hydrogen-bond acceptors (Lipinski definition) is 6. The molecule has 2 atom stereocenters. The van der Waals surface area contributed by atoms with E-state index in [-0.39, 0.29) is 31.1 Å². The first-order valence-electron chi connectivity index (χ1n) is 27.8. The highest BCUT2D eigenvalue weighted by molar-refractivity contribution is 5.71. The Labute approximate surface area is 387 Å². The van der Waals surface area contributed by atoms with Gasteiger partial charge in [-0.3, -0.25) is 14.4 Å². The third kappa shape index (κ3) is 47.9. The summed E-state index contributed by atoms with van der Waals surface area (Å²) >= 11 is 0. The topological polar surface area (TPSA) is 78.9 Å². The first kappa shape index (κ1) is 60.4. The molecule has 62 heavy (non-hydrogen) atoms. The fraction of sp³-hybridized carbons (Fsp3) is 0.946. The van der Waals surface area contributed by atoms with Crippen LogP contribution in [0.25, 0.3) is 0 Å². The zero-order chi connectivity index (χ0) is 45.4. The Hall–Kier alpha value is -1.59. The summed E-state index contributed by atoms with van der Waals surface area (Å²) in [7, 11) is 0. The molecule has 0 N–H and O–H groups in total. The lowest BCUT2D eigenvalue weighted by Gasteiger charge is -2.18. The van der Waals surface area contributed by atoms with E-state index in [2.05, 4.69) is 34.6 Å². The first-order valence-corrected chi connectivity index (χ1v) is 27.8. The smallest absolute Gasteiger partial charge is 0.306 e. The number of hydrogen-bond donors (Lipinski definition) is 0. The van der Waals surface area contributed by atoms with Crippen molar-refractivity contribution < 1.29 is 28.6 Å². The van der Waals surface area contributed by atoms with Gasteiger partial charge in [-0.25, -0.2) is 0 Å². The number of rotatable bonds is 50. The number of carbonyl (C=O) groups is 3. The predicted octanol–water partition coefficient (Wildman–Crippen LogP) is 18.1. The van der Waals surface area contributed by atoms with Gasteiger partial charge in [-0.15, -0.1) is 0 Å². The van der Waals surface area contributed by atoms with Crippen molar-refractivity contribution in [3.05, 3.63) is 0 Å². The normalized spacial score (nSPS) is 12.5. The van der Waals surface area contributed by atoms with Gasteiger partial charge in [-0.1, -0.05) is 272 Å². The van der Waals surface area contributed by atoms with Crippen molar-refractivity contribution in [2.24, 2.45) is 11.8 Å². The molecule has 368 valence electrons. The average molecular weight is 877 g/mol. The molecular formula is C56H108O6. The molecular weight excluding hydrogens is 769 g/mol. The van der Waals surface area contributed by atoms with E-state index in [1.54, 1.807) is 0 Å². The summed E-state index contributed by atoms with van der Waals surface area (Å²) in [6, 6.07) is 0. The monoisotopic (exact) mass is 877 g/mol. The highest BCUT2D eigenvalue weighted by atomic mass is 16.6. The molecule has 0 spiro atoms. The Balaban J connectivity index is 4.19. The molecule has 1 unspecified atom stereocenters. The van der Waals surface area contributed by atoms with Crippen molar-refractivity contribution in [2.45, 2.75) is 317 Å². The Morgan fingerprint density at radius 1 is 0.339 bits per heavy atom. The maximum Gasteiger partial charge on any atom is 0.306 e. The second-order valence-corrected chi connectivity index (χ2v) is 19.9. The SMILES string of the molecule is CCCCCCCCCCCC(=O)OC[C@@H](COC(=O)CCCCCCCCCCCCC(C)C)OC(=O)CCCCCCCCCCCCCCCCCCCCC(C)CC. The van der Waals surface area contributed by atoms with E-state index in [1.807, 2.05) is 0 Å². The maximum absolute atomic E-state index is 12.8. The molecule has 0 aliphatic rings. The molecule has 6 nitrogen and oxygen atoms in total. The van der Waals surface area contributed by atoms with Crippen LogP contribution < -0.4 is 0 Å². The summed E-state index contributed by atoms with van der Waals surface area (Å²) in [6.07, 6.45) is 51.0. The lowest BCUT2D eigenvalue weighted by molar-refractivity contribution is -0.167. The molecule has 0 heterocycles. The second kappa shape index (κ2) is 48.9. The minimum atomic E-state index is -0.761. The van der Waals surface area contributed by atoms with E-state index in [4.69, 9.17) is 14.2 Å². The maximum atomic E-state index is 12.8. The van der Waals surface area contributed by atoms with Crippen LogP contribution in [0, 0.1) is 11.8 Å². The van der Waals surface area contributed by atoms with Crippen LogP contribution in [0.15, 0.2) is 0 Å². The lowest BCUT2D eigenvalue weighted by Crippen LogP contribution is -2.30. The van der Waals surface area contributed by atoms with Gasteiger partial charge in [0.05, 0.1) is 0 Å². The summed E-state index contributed by atoms with van der Waals surface area (Å²) < 4.78 is 16.8. The standard InChI is InChI=1S/C56H108O6/c1-6-8-9-10-11-24-31-36-41-46-54(57)60-49-53(50-61-55(58)47-42-37-32-27-23-22-25-29-34-39-44-51(3)4)62-56(59)48-43-38-33-28-21-19-17-15-13-12-14-16-18-20-26-30-35-40-45-52(5)7-2/h51-53H,6-50H2,1-5H3/t52?,53-/m0/s1. The van der Waals surface area contributed by atoms with E-state index in [9.17, 15) is 14.4 Å². The van der Waals surface area contributed by atoms with Crippen LogP contribution >= 0.6 is 0 Å². The summed E-state index contributed by atoms with van der Waals surface area (Å²) in [6.45, 7) is 11.4. The third-order valence-electron chi connectivity index (χ3n) is 13.1. The van der Waals surface area contributed by atoms with E-state index in [1.165, 1.54) is 199 Å². The molecule has 0 aliphatic carbocycles. The largest absolute Gasteiger partial charge is 0.462 e. The second-order valence-electron chi connectivity index (χ2n) is 19.9. The van der Waals surface area contributed by atoms with Crippen molar-refractivity contribution >= 4 is 17.9 Å². The summed E-state index contributed by atoms with van der Waals surface area (Å²) in [4.78, 5) is 37.9. The van der Waals surface area contributed by atoms with Crippen molar-refractivity contribution in [1.29, 1.82) is 0 Å². The fourth-order valence-corrected chi connectivity index (χ4v) is 8.49. The third-order valence-corrected chi connectivity index (χ3v) is 13.1. The molecule has 0 saturated carbocycles. The minimum absolute atomic E-state index is 0.0636.